The van der Waals surface area contributed by atoms with E-state index in [0.29, 0.717) is 6.54 Å². The Hall–Kier alpha value is -1.14. The zero-order chi connectivity index (χ0) is 15.1. The fraction of sp³-hybridized carbons (Fsp3) is 0.667. The number of nitrogens with zero attached hydrogens (tertiary/aromatic N) is 2. The molecule has 1 aromatic rings. The van der Waals surface area contributed by atoms with Gasteiger partial charge in [0, 0.05) is 38.6 Å². The van der Waals surface area contributed by atoms with E-state index >= 15 is 0 Å². The Kier molecular flexibility index (Phi) is 5.99. The van der Waals surface area contributed by atoms with Crippen LogP contribution >= 0.6 is 11.8 Å². The standard InChI is InChI=1S/C15H25N3O2S/c1-16-14(18(2)11-13-5-4-8-20-13)17-12-15(21-3)6-9-19-10-7-15/h4-5,8H,6-7,9-12H2,1-3H3,(H,16,17). The minimum Gasteiger partial charge on any atom is -0.467 e. The van der Waals surface area contributed by atoms with Gasteiger partial charge in [-0.25, -0.2) is 0 Å². The molecule has 1 fully saturated rings. The predicted molar refractivity (Wildman–Crippen MR) is 87.8 cm³/mol. The minimum atomic E-state index is 0.250. The summed E-state index contributed by atoms with van der Waals surface area (Å²) < 4.78 is 11.1. The lowest BCUT2D eigenvalue weighted by Gasteiger charge is -2.36. The van der Waals surface area contributed by atoms with Gasteiger partial charge in [0.2, 0.25) is 0 Å². The zero-order valence-electron chi connectivity index (χ0n) is 13.1. The molecule has 1 aromatic heterocycles. The van der Waals surface area contributed by atoms with Gasteiger partial charge >= 0.3 is 0 Å². The molecule has 0 aromatic carbocycles. The fourth-order valence-electron chi connectivity index (χ4n) is 2.53. The molecule has 5 nitrogen and oxygen atoms in total. The normalized spacial score (nSPS) is 18.5. The molecule has 0 saturated carbocycles. The maximum absolute atomic E-state index is 5.48. The lowest BCUT2D eigenvalue weighted by atomic mass is 9.99. The molecule has 2 rings (SSSR count). The second-order valence-electron chi connectivity index (χ2n) is 5.34. The van der Waals surface area contributed by atoms with Crippen LogP contribution in [-0.4, -0.2) is 55.7 Å². The second-order valence-corrected chi connectivity index (χ2v) is 6.61. The van der Waals surface area contributed by atoms with Crippen LogP contribution in [0.1, 0.15) is 18.6 Å². The van der Waals surface area contributed by atoms with Crippen LogP contribution < -0.4 is 5.32 Å². The Balaban J connectivity index is 1.89. The van der Waals surface area contributed by atoms with Crippen molar-refractivity contribution in [3.63, 3.8) is 0 Å². The van der Waals surface area contributed by atoms with Gasteiger partial charge in [0.15, 0.2) is 5.96 Å². The van der Waals surface area contributed by atoms with Crippen molar-refractivity contribution in [2.75, 3.05) is 40.1 Å². The molecular formula is C15H25N3O2S. The highest BCUT2D eigenvalue weighted by molar-refractivity contribution is 8.00. The summed E-state index contributed by atoms with van der Waals surface area (Å²) in [5.41, 5.74) is 0. The summed E-state index contributed by atoms with van der Waals surface area (Å²) in [5.74, 6) is 1.83. The highest BCUT2D eigenvalue weighted by Gasteiger charge is 2.32. The van der Waals surface area contributed by atoms with Crippen molar-refractivity contribution >= 4 is 17.7 Å². The monoisotopic (exact) mass is 311 g/mol. The van der Waals surface area contributed by atoms with Gasteiger partial charge in [-0.15, -0.1) is 0 Å². The van der Waals surface area contributed by atoms with Crippen LogP contribution in [0.5, 0.6) is 0 Å². The van der Waals surface area contributed by atoms with Crippen molar-refractivity contribution in [1.82, 2.24) is 10.2 Å². The smallest absolute Gasteiger partial charge is 0.193 e. The number of ether oxygens (including phenoxy) is 1. The molecule has 2 heterocycles. The van der Waals surface area contributed by atoms with Crippen molar-refractivity contribution in [2.45, 2.75) is 24.1 Å². The molecule has 0 aliphatic carbocycles. The number of furan rings is 1. The van der Waals surface area contributed by atoms with Crippen LogP contribution in [0.3, 0.4) is 0 Å². The van der Waals surface area contributed by atoms with E-state index < -0.39 is 0 Å². The maximum Gasteiger partial charge on any atom is 0.193 e. The second kappa shape index (κ2) is 7.75. The Labute approximate surface area is 131 Å². The van der Waals surface area contributed by atoms with E-state index in [2.05, 4.69) is 21.5 Å². The molecule has 1 aliphatic rings. The molecule has 0 spiro atoms. The Morgan fingerprint density at radius 1 is 1.48 bits per heavy atom. The summed E-state index contributed by atoms with van der Waals surface area (Å²) in [5, 5.41) is 3.50. The van der Waals surface area contributed by atoms with E-state index in [1.54, 1.807) is 6.26 Å². The third-order valence-electron chi connectivity index (χ3n) is 3.95. The first kappa shape index (κ1) is 16.2. The summed E-state index contributed by atoms with van der Waals surface area (Å²) in [6.07, 6.45) is 6.05. The van der Waals surface area contributed by atoms with Crippen LogP contribution in [-0.2, 0) is 11.3 Å². The summed E-state index contributed by atoms with van der Waals surface area (Å²) in [4.78, 5) is 6.44. The van der Waals surface area contributed by atoms with Gasteiger partial charge in [-0.05, 0) is 31.2 Å². The van der Waals surface area contributed by atoms with Crippen LogP contribution in [0.15, 0.2) is 27.8 Å². The maximum atomic E-state index is 5.48. The molecule has 0 amide bonds. The van der Waals surface area contributed by atoms with E-state index in [9.17, 15) is 0 Å². The molecule has 1 saturated heterocycles. The van der Waals surface area contributed by atoms with Crippen molar-refractivity contribution < 1.29 is 9.15 Å². The first-order chi connectivity index (χ1) is 10.2. The highest BCUT2D eigenvalue weighted by Crippen LogP contribution is 2.33. The summed E-state index contributed by atoms with van der Waals surface area (Å²) in [6.45, 7) is 3.32. The van der Waals surface area contributed by atoms with E-state index in [4.69, 9.17) is 9.15 Å². The Morgan fingerprint density at radius 2 is 2.24 bits per heavy atom. The van der Waals surface area contributed by atoms with Crippen molar-refractivity contribution in [1.29, 1.82) is 0 Å². The summed E-state index contributed by atoms with van der Waals surface area (Å²) >= 11 is 1.93. The molecule has 0 radical (unpaired) electrons. The van der Waals surface area contributed by atoms with Gasteiger partial charge in [0.25, 0.3) is 0 Å². The Morgan fingerprint density at radius 3 is 2.81 bits per heavy atom. The van der Waals surface area contributed by atoms with Gasteiger partial charge in [-0.1, -0.05) is 0 Å². The molecule has 0 atom stereocenters. The number of rotatable bonds is 5. The van der Waals surface area contributed by atoms with Gasteiger partial charge in [0.05, 0.1) is 12.8 Å². The van der Waals surface area contributed by atoms with E-state index in [1.807, 2.05) is 38.0 Å². The molecule has 0 unspecified atom stereocenters. The summed E-state index contributed by atoms with van der Waals surface area (Å²) in [7, 11) is 3.84. The Bertz CT molecular complexity index is 442. The number of hydrogen-bond donors (Lipinski definition) is 1. The number of hydrogen-bond acceptors (Lipinski definition) is 4. The van der Waals surface area contributed by atoms with Crippen molar-refractivity contribution in [3.8, 4) is 0 Å². The van der Waals surface area contributed by atoms with Gasteiger partial charge in [-0.3, -0.25) is 4.99 Å². The highest BCUT2D eigenvalue weighted by atomic mass is 32.2. The number of nitrogens with one attached hydrogen (secondary N) is 1. The van der Waals surface area contributed by atoms with E-state index in [0.717, 1.165) is 44.3 Å². The third-order valence-corrected chi connectivity index (χ3v) is 5.37. The minimum absolute atomic E-state index is 0.250. The van der Waals surface area contributed by atoms with Crippen molar-refractivity contribution in [3.05, 3.63) is 24.2 Å². The quantitative estimate of drug-likeness (QED) is 0.667. The van der Waals surface area contributed by atoms with Crippen LogP contribution in [0.2, 0.25) is 0 Å². The van der Waals surface area contributed by atoms with Crippen molar-refractivity contribution in [2.24, 2.45) is 4.99 Å². The average Bonchev–Trinajstić information content (AvgIpc) is 3.01. The first-order valence-electron chi connectivity index (χ1n) is 7.26. The van der Waals surface area contributed by atoms with E-state index in [1.165, 1.54) is 0 Å². The fourth-order valence-corrected chi connectivity index (χ4v) is 3.32. The molecule has 21 heavy (non-hydrogen) atoms. The first-order valence-corrected chi connectivity index (χ1v) is 8.49. The van der Waals surface area contributed by atoms with E-state index in [-0.39, 0.29) is 4.75 Å². The molecule has 1 N–H and O–H groups in total. The third kappa shape index (κ3) is 4.41. The largest absolute Gasteiger partial charge is 0.467 e. The lowest BCUT2D eigenvalue weighted by molar-refractivity contribution is 0.0781. The van der Waals surface area contributed by atoms with Gasteiger partial charge < -0.3 is 19.4 Å². The van der Waals surface area contributed by atoms with Gasteiger partial charge in [0.1, 0.15) is 5.76 Å². The SMILES string of the molecule is CN=C(NCC1(SC)CCOCC1)N(C)Cc1ccco1. The van der Waals surface area contributed by atoms with Crippen LogP contribution in [0, 0.1) is 0 Å². The molecule has 118 valence electrons. The predicted octanol–water partition coefficient (Wildman–Crippen LogP) is 2.20. The number of aliphatic imine (C=N–C) groups is 1. The van der Waals surface area contributed by atoms with Crippen LogP contribution in [0.25, 0.3) is 0 Å². The number of guanidine groups is 1. The molecule has 6 heteroatoms. The zero-order valence-corrected chi connectivity index (χ0v) is 13.9. The van der Waals surface area contributed by atoms with Gasteiger partial charge in [-0.2, -0.15) is 11.8 Å². The van der Waals surface area contributed by atoms with Crippen LogP contribution in [0.4, 0.5) is 0 Å². The lowest BCUT2D eigenvalue weighted by Crippen LogP contribution is -2.48. The molecular weight excluding hydrogens is 286 g/mol. The molecule has 0 bridgehead atoms. The average molecular weight is 311 g/mol. The number of thioether (sulfide) groups is 1. The topological polar surface area (TPSA) is 50.0 Å². The summed E-state index contributed by atoms with van der Waals surface area (Å²) in [6, 6.07) is 3.88. The molecule has 1 aliphatic heterocycles.